The smallest absolute Gasteiger partial charge is 0.271 e. The number of hydrogen-bond acceptors (Lipinski definition) is 4. The molecule has 2 aromatic rings. The van der Waals surface area contributed by atoms with Gasteiger partial charge in [-0.2, -0.15) is 0 Å². The first-order valence-corrected chi connectivity index (χ1v) is 9.83. The summed E-state index contributed by atoms with van der Waals surface area (Å²) in [5.74, 6) is 0.200. The van der Waals surface area contributed by atoms with Crippen LogP contribution in [0.5, 0.6) is 0 Å². The topological polar surface area (TPSA) is 71.1 Å². The molecule has 1 heterocycles. The van der Waals surface area contributed by atoms with Crippen LogP contribution in [0, 0.1) is 11.3 Å². The van der Waals surface area contributed by atoms with Crippen LogP contribution >= 0.6 is 11.3 Å². The summed E-state index contributed by atoms with van der Waals surface area (Å²) in [6, 6.07) is 9.12. The molecule has 1 saturated carbocycles. The molecule has 0 saturated heterocycles. The van der Waals surface area contributed by atoms with Crippen LogP contribution in [0.1, 0.15) is 60.9 Å². The average molecular weight is 372 g/mol. The van der Waals surface area contributed by atoms with Crippen molar-refractivity contribution in [2.75, 3.05) is 5.32 Å². The highest BCUT2D eigenvalue weighted by Gasteiger charge is 2.33. The van der Waals surface area contributed by atoms with Gasteiger partial charge in [0.05, 0.1) is 0 Å². The van der Waals surface area contributed by atoms with Gasteiger partial charge in [0.1, 0.15) is 5.69 Å². The molecule has 6 heteroatoms. The van der Waals surface area contributed by atoms with Crippen LogP contribution in [0.4, 0.5) is 5.13 Å². The van der Waals surface area contributed by atoms with E-state index in [2.05, 4.69) is 36.4 Å². The molecule has 2 N–H and O–H groups in total. The van der Waals surface area contributed by atoms with E-state index in [-0.39, 0.29) is 23.3 Å². The van der Waals surface area contributed by atoms with Crippen LogP contribution in [0.3, 0.4) is 0 Å². The van der Waals surface area contributed by atoms with Crippen molar-refractivity contribution in [3.8, 4) is 0 Å². The van der Waals surface area contributed by atoms with Crippen molar-refractivity contribution < 1.29 is 9.59 Å². The lowest BCUT2D eigenvalue weighted by Crippen LogP contribution is -2.43. The summed E-state index contributed by atoms with van der Waals surface area (Å²) in [6.45, 7) is 6.74. The molecule has 3 rings (SSSR count). The number of rotatable bonds is 4. The summed E-state index contributed by atoms with van der Waals surface area (Å²) in [5, 5.41) is 7.98. The first-order chi connectivity index (χ1) is 12.3. The minimum atomic E-state index is -0.227. The Hall–Kier alpha value is -2.21. The van der Waals surface area contributed by atoms with E-state index in [0.717, 1.165) is 12.8 Å². The van der Waals surface area contributed by atoms with Gasteiger partial charge < -0.3 is 5.32 Å². The Morgan fingerprint density at radius 3 is 2.58 bits per heavy atom. The van der Waals surface area contributed by atoms with Crippen molar-refractivity contribution in [2.24, 2.45) is 11.3 Å². The van der Waals surface area contributed by atoms with Crippen LogP contribution in [-0.4, -0.2) is 22.8 Å². The number of amides is 2. The summed E-state index contributed by atoms with van der Waals surface area (Å²) < 4.78 is 0. The molecule has 138 valence electrons. The van der Waals surface area contributed by atoms with E-state index in [9.17, 15) is 9.59 Å². The molecule has 2 amide bonds. The SMILES string of the molecule is CC1CC(NC(=O)c2csc(NC(=O)c3ccccc3)n2)CC(C)(C)C1. The maximum absolute atomic E-state index is 12.5. The Kier molecular flexibility index (Phi) is 5.41. The van der Waals surface area contributed by atoms with Gasteiger partial charge in [0.15, 0.2) is 5.13 Å². The predicted octanol–water partition coefficient (Wildman–Crippen LogP) is 4.34. The molecule has 2 atom stereocenters. The van der Waals surface area contributed by atoms with Gasteiger partial charge in [-0.1, -0.05) is 39.0 Å². The minimum Gasteiger partial charge on any atom is -0.348 e. The highest BCUT2D eigenvalue weighted by Crippen LogP contribution is 2.38. The van der Waals surface area contributed by atoms with Gasteiger partial charge in [0, 0.05) is 17.0 Å². The number of anilines is 1. The molecule has 1 fully saturated rings. The summed E-state index contributed by atoms with van der Waals surface area (Å²) >= 11 is 1.26. The average Bonchev–Trinajstić information content (AvgIpc) is 3.02. The lowest BCUT2D eigenvalue weighted by Gasteiger charge is -2.39. The van der Waals surface area contributed by atoms with Crippen LogP contribution in [0.2, 0.25) is 0 Å². The number of hydrogen-bond donors (Lipinski definition) is 2. The molecular weight excluding hydrogens is 346 g/mol. The second-order valence-corrected chi connectivity index (χ2v) is 8.80. The van der Waals surface area contributed by atoms with Gasteiger partial charge in [-0.15, -0.1) is 11.3 Å². The second kappa shape index (κ2) is 7.58. The molecular formula is C20H25N3O2S. The highest BCUT2D eigenvalue weighted by molar-refractivity contribution is 7.14. The van der Waals surface area contributed by atoms with Gasteiger partial charge in [-0.25, -0.2) is 4.98 Å². The number of benzene rings is 1. The van der Waals surface area contributed by atoms with Gasteiger partial charge in [0.2, 0.25) is 0 Å². The molecule has 5 nitrogen and oxygen atoms in total. The monoisotopic (exact) mass is 371 g/mol. The van der Waals surface area contributed by atoms with Crippen molar-refractivity contribution in [1.82, 2.24) is 10.3 Å². The Morgan fingerprint density at radius 1 is 1.15 bits per heavy atom. The lowest BCUT2D eigenvalue weighted by atomic mass is 9.70. The van der Waals surface area contributed by atoms with E-state index in [0.29, 0.717) is 22.3 Å². The van der Waals surface area contributed by atoms with E-state index in [1.54, 1.807) is 17.5 Å². The number of carbonyl (C=O) groups is 2. The minimum absolute atomic E-state index is 0.170. The van der Waals surface area contributed by atoms with Gasteiger partial charge in [0.25, 0.3) is 11.8 Å². The predicted molar refractivity (Wildman–Crippen MR) is 105 cm³/mol. The molecule has 1 aliphatic carbocycles. The zero-order valence-electron chi connectivity index (χ0n) is 15.4. The maximum atomic E-state index is 12.5. The van der Waals surface area contributed by atoms with Crippen molar-refractivity contribution in [1.29, 1.82) is 0 Å². The van der Waals surface area contributed by atoms with Crippen molar-refractivity contribution >= 4 is 28.3 Å². The molecule has 0 radical (unpaired) electrons. The number of thiazole rings is 1. The third-order valence-electron chi connectivity index (χ3n) is 4.72. The van der Waals surface area contributed by atoms with Crippen LogP contribution in [0.25, 0.3) is 0 Å². The summed E-state index contributed by atoms with van der Waals surface area (Å²) in [5.41, 5.74) is 1.16. The summed E-state index contributed by atoms with van der Waals surface area (Å²) in [6.07, 6.45) is 3.16. The number of nitrogens with zero attached hydrogens (tertiary/aromatic N) is 1. The quantitative estimate of drug-likeness (QED) is 0.840. The Bertz CT molecular complexity index is 785. The molecule has 0 spiro atoms. The first-order valence-electron chi connectivity index (χ1n) is 8.95. The number of nitrogens with one attached hydrogen (secondary N) is 2. The third-order valence-corrected chi connectivity index (χ3v) is 5.47. The van der Waals surface area contributed by atoms with Gasteiger partial charge in [-0.05, 0) is 42.7 Å². The number of aromatic nitrogens is 1. The largest absolute Gasteiger partial charge is 0.348 e. The third kappa shape index (κ3) is 4.69. The van der Waals surface area contributed by atoms with E-state index in [4.69, 9.17) is 0 Å². The fourth-order valence-corrected chi connectivity index (χ4v) is 4.60. The van der Waals surface area contributed by atoms with E-state index < -0.39 is 0 Å². The normalized spacial score (nSPS) is 21.8. The maximum Gasteiger partial charge on any atom is 0.271 e. The molecule has 0 bridgehead atoms. The fraction of sp³-hybridized carbons (Fsp3) is 0.450. The van der Waals surface area contributed by atoms with E-state index in [1.807, 2.05) is 18.2 Å². The summed E-state index contributed by atoms with van der Waals surface area (Å²) in [4.78, 5) is 29.0. The molecule has 1 aromatic heterocycles. The van der Waals surface area contributed by atoms with Crippen LogP contribution < -0.4 is 10.6 Å². The summed E-state index contributed by atoms with van der Waals surface area (Å²) in [7, 11) is 0. The van der Waals surface area contributed by atoms with Crippen LogP contribution in [-0.2, 0) is 0 Å². The second-order valence-electron chi connectivity index (χ2n) is 7.94. The first kappa shape index (κ1) is 18.6. The standard InChI is InChI=1S/C20H25N3O2S/c1-13-9-15(11-20(2,3)10-13)21-18(25)16-12-26-19(22-16)23-17(24)14-7-5-4-6-8-14/h4-8,12-13,15H,9-11H2,1-3H3,(H,21,25)(H,22,23,24). The Labute approximate surface area is 158 Å². The Morgan fingerprint density at radius 2 is 1.88 bits per heavy atom. The molecule has 1 aromatic carbocycles. The van der Waals surface area contributed by atoms with E-state index in [1.165, 1.54) is 17.8 Å². The van der Waals surface area contributed by atoms with E-state index >= 15 is 0 Å². The molecule has 1 aliphatic rings. The molecule has 2 unspecified atom stereocenters. The Balaban J connectivity index is 1.60. The zero-order valence-corrected chi connectivity index (χ0v) is 16.2. The van der Waals surface area contributed by atoms with Crippen LogP contribution in [0.15, 0.2) is 35.7 Å². The van der Waals surface area contributed by atoms with Crippen molar-refractivity contribution in [3.05, 3.63) is 47.0 Å². The van der Waals surface area contributed by atoms with Gasteiger partial charge >= 0.3 is 0 Å². The molecule has 0 aliphatic heterocycles. The zero-order chi connectivity index (χ0) is 18.7. The lowest BCUT2D eigenvalue weighted by molar-refractivity contribution is 0.0869. The van der Waals surface area contributed by atoms with Gasteiger partial charge in [-0.3, -0.25) is 14.9 Å². The number of carbonyl (C=O) groups excluding carboxylic acids is 2. The molecule has 26 heavy (non-hydrogen) atoms. The van der Waals surface area contributed by atoms with Crippen molar-refractivity contribution in [2.45, 2.75) is 46.1 Å². The fourth-order valence-electron chi connectivity index (χ4n) is 3.91. The highest BCUT2D eigenvalue weighted by atomic mass is 32.1. The van der Waals surface area contributed by atoms with Crippen molar-refractivity contribution in [3.63, 3.8) is 0 Å².